The van der Waals surface area contributed by atoms with E-state index in [0.29, 0.717) is 29.6 Å². The van der Waals surface area contributed by atoms with Crippen LogP contribution in [0.15, 0.2) is 22.0 Å². The number of nitrogens with one attached hydrogen (secondary N) is 1. The zero-order chi connectivity index (χ0) is 13.2. The highest BCUT2D eigenvalue weighted by Crippen LogP contribution is 2.46. The lowest BCUT2D eigenvalue weighted by molar-refractivity contribution is 0.174. The minimum absolute atomic E-state index is 0.0265. The van der Waals surface area contributed by atoms with Crippen molar-refractivity contribution in [3.05, 3.63) is 12.1 Å². The van der Waals surface area contributed by atoms with Crippen LogP contribution in [0.4, 0.5) is 10.5 Å². The first-order valence-corrected chi connectivity index (χ1v) is 6.83. The van der Waals surface area contributed by atoms with Gasteiger partial charge in [-0.1, -0.05) is 0 Å². The Balaban J connectivity index is 1.77. The highest BCUT2D eigenvalue weighted by molar-refractivity contribution is 7.99. The summed E-state index contributed by atoms with van der Waals surface area (Å²) in [6.07, 6.45) is 0. The predicted molar refractivity (Wildman–Crippen MR) is 72.6 cm³/mol. The molecule has 2 amide bonds. The van der Waals surface area contributed by atoms with Gasteiger partial charge < -0.3 is 19.7 Å². The van der Waals surface area contributed by atoms with Gasteiger partial charge in [0.2, 0.25) is 6.79 Å². The molecule has 1 fully saturated rings. The maximum atomic E-state index is 11.5. The van der Waals surface area contributed by atoms with Crippen LogP contribution in [0.5, 0.6) is 11.5 Å². The van der Waals surface area contributed by atoms with E-state index in [9.17, 15) is 4.79 Å². The van der Waals surface area contributed by atoms with Gasteiger partial charge in [0.1, 0.15) is 5.69 Å². The highest BCUT2D eigenvalue weighted by atomic mass is 32.2. The van der Waals surface area contributed by atoms with Crippen LogP contribution >= 0.6 is 11.8 Å². The number of nitrogens with zero attached hydrogens (tertiary/aromatic N) is 2. The van der Waals surface area contributed by atoms with Gasteiger partial charge in [0, 0.05) is 18.0 Å². The first-order chi connectivity index (χ1) is 9.29. The Bertz CT molecular complexity index is 535. The van der Waals surface area contributed by atoms with Gasteiger partial charge in [-0.25, -0.2) is 4.79 Å². The third-order valence-corrected chi connectivity index (χ3v) is 4.04. The molecule has 2 heterocycles. The average molecular weight is 279 g/mol. The van der Waals surface area contributed by atoms with E-state index in [1.807, 2.05) is 12.1 Å². The van der Waals surface area contributed by atoms with Crippen molar-refractivity contribution < 1.29 is 14.3 Å². The average Bonchev–Trinajstić information content (AvgIpc) is 3.04. The van der Waals surface area contributed by atoms with Gasteiger partial charge in [-0.2, -0.15) is 0 Å². The molecule has 100 valence electrons. The van der Waals surface area contributed by atoms with Crippen LogP contribution in [-0.4, -0.2) is 43.4 Å². The lowest BCUT2D eigenvalue weighted by atomic mass is 10.3. The molecule has 0 aromatic heterocycles. The summed E-state index contributed by atoms with van der Waals surface area (Å²) in [4.78, 5) is 18.2. The SMILES string of the molecule is C=Nc1c(SCN2CCNC2=O)ccc2c1OCO2. The van der Waals surface area contributed by atoms with E-state index in [4.69, 9.17) is 9.47 Å². The second kappa shape index (κ2) is 5.00. The van der Waals surface area contributed by atoms with Gasteiger partial charge >= 0.3 is 6.03 Å². The van der Waals surface area contributed by atoms with Crippen molar-refractivity contribution in [2.75, 3.05) is 25.8 Å². The van der Waals surface area contributed by atoms with Crippen molar-refractivity contribution in [3.8, 4) is 11.5 Å². The molecule has 0 aliphatic carbocycles. The second-order valence-corrected chi connectivity index (χ2v) is 5.06. The summed E-state index contributed by atoms with van der Waals surface area (Å²) in [6, 6.07) is 3.74. The number of benzene rings is 1. The molecule has 0 radical (unpaired) electrons. The van der Waals surface area contributed by atoms with Crippen LogP contribution in [-0.2, 0) is 0 Å². The van der Waals surface area contributed by atoms with Gasteiger partial charge in [-0.05, 0) is 18.9 Å². The molecule has 6 nitrogen and oxygen atoms in total. The number of amides is 2. The summed E-state index contributed by atoms with van der Waals surface area (Å²) >= 11 is 1.53. The Hall–Kier alpha value is -1.89. The zero-order valence-electron chi connectivity index (χ0n) is 10.2. The maximum Gasteiger partial charge on any atom is 0.318 e. The number of fused-ring (bicyclic) bond motifs is 1. The topological polar surface area (TPSA) is 63.2 Å². The van der Waals surface area contributed by atoms with E-state index in [1.165, 1.54) is 11.8 Å². The Morgan fingerprint density at radius 2 is 2.37 bits per heavy atom. The van der Waals surface area contributed by atoms with Gasteiger partial charge in [0.25, 0.3) is 0 Å². The smallest absolute Gasteiger partial charge is 0.318 e. The lowest BCUT2D eigenvalue weighted by Gasteiger charge is -2.14. The number of hydrogen-bond acceptors (Lipinski definition) is 5. The fourth-order valence-electron chi connectivity index (χ4n) is 1.99. The Kier molecular flexibility index (Phi) is 3.20. The molecule has 0 unspecified atom stereocenters. The second-order valence-electron chi connectivity index (χ2n) is 4.07. The molecule has 1 aromatic rings. The predicted octanol–water partition coefficient (Wildman–Crippen LogP) is 1.82. The van der Waals surface area contributed by atoms with Crippen LogP contribution in [0.1, 0.15) is 0 Å². The van der Waals surface area contributed by atoms with Crippen LogP contribution in [0.2, 0.25) is 0 Å². The summed E-state index contributed by atoms with van der Waals surface area (Å²) in [5.41, 5.74) is 0.680. The number of hydrogen-bond donors (Lipinski definition) is 1. The molecule has 0 bridgehead atoms. The zero-order valence-corrected chi connectivity index (χ0v) is 11.0. The largest absolute Gasteiger partial charge is 0.454 e. The van der Waals surface area contributed by atoms with Crippen LogP contribution in [0.25, 0.3) is 0 Å². The Labute approximate surface area is 114 Å². The number of ether oxygens (including phenoxy) is 2. The molecule has 0 spiro atoms. The molecule has 1 saturated heterocycles. The summed E-state index contributed by atoms with van der Waals surface area (Å²) in [7, 11) is 0. The minimum Gasteiger partial charge on any atom is -0.454 e. The standard InChI is InChI=1S/C12H13N3O3S/c1-13-10-9(3-2-8-11(10)18-7-17-8)19-6-15-5-4-14-12(15)16/h2-3H,1,4-7H2,(H,14,16). The van der Waals surface area contributed by atoms with E-state index >= 15 is 0 Å². The lowest BCUT2D eigenvalue weighted by Crippen LogP contribution is -2.27. The van der Waals surface area contributed by atoms with Gasteiger partial charge in [-0.15, -0.1) is 11.8 Å². The van der Waals surface area contributed by atoms with Crippen molar-refractivity contribution in [2.45, 2.75) is 4.90 Å². The van der Waals surface area contributed by atoms with Crippen molar-refractivity contribution in [2.24, 2.45) is 4.99 Å². The molecule has 7 heteroatoms. The summed E-state index contributed by atoms with van der Waals surface area (Å²) in [5.74, 6) is 1.89. The Morgan fingerprint density at radius 3 is 3.11 bits per heavy atom. The summed E-state index contributed by atoms with van der Waals surface area (Å²) < 4.78 is 10.7. The highest BCUT2D eigenvalue weighted by Gasteiger charge is 2.23. The number of aliphatic imine (C=N–C) groups is 1. The fraction of sp³-hybridized carbons (Fsp3) is 0.333. The van der Waals surface area contributed by atoms with Crippen molar-refractivity contribution in [1.29, 1.82) is 0 Å². The molecule has 2 aliphatic rings. The van der Waals surface area contributed by atoms with E-state index in [-0.39, 0.29) is 12.8 Å². The molecule has 2 aliphatic heterocycles. The number of thioether (sulfide) groups is 1. The summed E-state index contributed by atoms with van der Waals surface area (Å²) in [5, 5.41) is 2.77. The summed E-state index contributed by atoms with van der Waals surface area (Å²) in [6.45, 7) is 5.21. The molecule has 19 heavy (non-hydrogen) atoms. The van der Waals surface area contributed by atoms with Crippen molar-refractivity contribution >= 4 is 30.2 Å². The number of carbonyl (C=O) groups excluding carboxylic acids is 1. The van der Waals surface area contributed by atoms with Crippen LogP contribution in [0.3, 0.4) is 0 Å². The fourth-order valence-corrected chi connectivity index (χ4v) is 2.99. The number of rotatable bonds is 4. The van der Waals surface area contributed by atoms with Crippen LogP contribution < -0.4 is 14.8 Å². The number of urea groups is 1. The van der Waals surface area contributed by atoms with Gasteiger partial charge in [0.15, 0.2) is 11.5 Å². The molecule has 3 rings (SSSR count). The van der Waals surface area contributed by atoms with Crippen molar-refractivity contribution in [3.63, 3.8) is 0 Å². The first kappa shape index (κ1) is 12.2. The molecule has 0 atom stereocenters. The van der Waals surface area contributed by atoms with E-state index < -0.39 is 0 Å². The monoisotopic (exact) mass is 279 g/mol. The molecule has 1 aromatic carbocycles. The van der Waals surface area contributed by atoms with E-state index in [1.54, 1.807) is 4.90 Å². The maximum absolute atomic E-state index is 11.5. The van der Waals surface area contributed by atoms with Crippen molar-refractivity contribution in [1.82, 2.24) is 10.2 Å². The molecular weight excluding hydrogens is 266 g/mol. The van der Waals surface area contributed by atoms with Gasteiger partial charge in [0.05, 0.1) is 5.88 Å². The third-order valence-electron chi connectivity index (χ3n) is 2.96. The number of carbonyl (C=O) groups is 1. The molecular formula is C12H13N3O3S. The van der Waals surface area contributed by atoms with Gasteiger partial charge in [-0.3, -0.25) is 4.99 Å². The van der Waals surface area contributed by atoms with E-state index in [0.717, 1.165) is 11.4 Å². The molecule has 1 N–H and O–H groups in total. The minimum atomic E-state index is -0.0265. The first-order valence-electron chi connectivity index (χ1n) is 5.84. The quantitative estimate of drug-likeness (QED) is 0.674. The van der Waals surface area contributed by atoms with E-state index in [2.05, 4.69) is 17.0 Å². The third kappa shape index (κ3) is 2.21. The van der Waals surface area contributed by atoms with Crippen LogP contribution in [0, 0.1) is 0 Å². The normalized spacial score (nSPS) is 16.6. The molecule has 0 saturated carbocycles. The Morgan fingerprint density at radius 1 is 1.47 bits per heavy atom.